The molecule has 15 rings (SSSR count). The van der Waals surface area contributed by atoms with E-state index in [4.69, 9.17) is 8.83 Å². The van der Waals surface area contributed by atoms with Gasteiger partial charge in [-0.05, 0) is 139 Å². The highest BCUT2D eigenvalue weighted by atomic mass is 16.3. The van der Waals surface area contributed by atoms with Crippen LogP contribution < -0.4 is 4.90 Å². The molecule has 1 spiro atoms. The molecule has 0 bridgehead atoms. The van der Waals surface area contributed by atoms with Crippen molar-refractivity contribution in [3.63, 3.8) is 0 Å². The Morgan fingerprint density at radius 3 is 1.45 bits per heavy atom. The third kappa shape index (κ3) is 4.80. The maximum absolute atomic E-state index is 6.60. The molecular weight excluding hydrogens is 815 g/mol. The van der Waals surface area contributed by atoms with E-state index in [9.17, 15) is 0 Å². The van der Waals surface area contributed by atoms with Crippen molar-refractivity contribution in [1.29, 1.82) is 0 Å². The molecule has 67 heavy (non-hydrogen) atoms. The number of hydrogen-bond donors (Lipinski definition) is 0. The van der Waals surface area contributed by atoms with Crippen LogP contribution in [0.25, 0.3) is 88.4 Å². The van der Waals surface area contributed by atoms with Gasteiger partial charge in [0.15, 0.2) is 0 Å². The highest BCUT2D eigenvalue weighted by Gasteiger charge is 2.50. The Labute approximate surface area is 387 Å². The second-order valence-electron chi connectivity index (χ2n) is 19.1. The summed E-state index contributed by atoms with van der Waals surface area (Å²) in [4.78, 5) is 2.44. The van der Waals surface area contributed by atoms with Crippen molar-refractivity contribution in [1.82, 2.24) is 0 Å². The van der Waals surface area contributed by atoms with Gasteiger partial charge in [-0.2, -0.15) is 0 Å². The summed E-state index contributed by atoms with van der Waals surface area (Å²) in [6.07, 6.45) is 0. The molecule has 10 aromatic carbocycles. The standard InChI is InChI=1S/C64H41NO2/c1-63(2)53-22-10-5-18-44(53)46-30-27-39(34-57(46)63)65(40-28-31-49-47-20-8-13-25-59(47)66-61(49)35-40)38-29-32-56-50(33-38)42-16-4-3-15-41(42)43-17-6-11-23-54(43)64(56)55-24-12-7-19-45(55)51-37-62-52(36-58(51)64)48-21-9-14-26-60(48)67-62/h3-37H,1-2H3. The van der Waals surface area contributed by atoms with Crippen LogP contribution in [0.2, 0.25) is 0 Å². The summed E-state index contributed by atoms with van der Waals surface area (Å²) in [6.45, 7) is 4.72. The third-order valence-electron chi connectivity index (χ3n) is 15.5. The number of furan rings is 2. The van der Waals surface area contributed by atoms with Gasteiger partial charge >= 0.3 is 0 Å². The minimum atomic E-state index is -0.649. The fraction of sp³-hybridized carbons (Fsp3) is 0.0625. The lowest BCUT2D eigenvalue weighted by Gasteiger charge is -2.36. The largest absolute Gasteiger partial charge is 0.456 e. The van der Waals surface area contributed by atoms with Crippen molar-refractivity contribution < 1.29 is 8.83 Å². The fourth-order valence-electron chi connectivity index (χ4n) is 12.6. The van der Waals surface area contributed by atoms with Crippen molar-refractivity contribution in [3.8, 4) is 44.5 Å². The van der Waals surface area contributed by atoms with Gasteiger partial charge in [0, 0.05) is 50.1 Å². The molecule has 2 aromatic heterocycles. The average Bonchev–Trinajstić information content (AvgIpc) is 4.06. The van der Waals surface area contributed by atoms with Gasteiger partial charge < -0.3 is 13.7 Å². The molecular formula is C64H41NO2. The van der Waals surface area contributed by atoms with Crippen LogP contribution in [-0.4, -0.2) is 0 Å². The molecule has 3 aliphatic carbocycles. The van der Waals surface area contributed by atoms with Gasteiger partial charge in [0.1, 0.15) is 22.3 Å². The first-order valence-electron chi connectivity index (χ1n) is 23.3. The van der Waals surface area contributed by atoms with Crippen LogP contribution in [0.1, 0.15) is 47.2 Å². The van der Waals surface area contributed by atoms with Crippen molar-refractivity contribution in [3.05, 3.63) is 246 Å². The van der Waals surface area contributed by atoms with Crippen molar-refractivity contribution in [2.75, 3.05) is 4.90 Å². The molecule has 0 amide bonds. The smallest absolute Gasteiger partial charge is 0.137 e. The van der Waals surface area contributed by atoms with Crippen LogP contribution >= 0.6 is 0 Å². The molecule has 12 aromatic rings. The minimum Gasteiger partial charge on any atom is -0.456 e. The Morgan fingerprint density at radius 1 is 0.284 bits per heavy atom. The lowest BCUT2D eigenvalue weighted by molar-refractivity contribution is 0.660. The monoisotopic (exact) mass is 855 g/mol. The Morgan fingerprint density at radius 2 is 0.731 bits per heavy atom. The van der Waals surface area contributed by atoms with E-state index in [1.165, 1.54) is 77.9 Å². The predicted octanol–water partition coefficient (Wildman–Crippen LogP) is 17.3. The molecule has 3 aliphatic rings. The Balaban J connectivity index is 1.03. The van der Waals surface area contributed by atoms with Crippen LogP contribution in [0.15, 0.2) is 221 Å². The summed E-state index contributed by atoms with van der Waals surface area (Å²) in [5, 5.41) is 4.49. The fourth-order valence-corrected chi connectivity index (χ4v) is 12.6. The zero-order valence-electron chi connectivity index (χ0n) is 37.0. The van der Waals surface area contributed by atoms with E-state index in [1.54, 1.807) is 0 Å². The SMILES string of the molecule is CC1(C)c2ccccc2-c2ccc(N(c3ccc4c(c3)-c3ccccc3-c3ccccc3C43c4ccccc4-c4cc5oc6ccccc6c5cc43)c3ccc4c(c3)oc3ccccc34)cc21. The second-order valence-corrected chi connectivity index (χ2v) is 19.1. The molecule has 0 radical (unpaired) electrons. The van der Waals surface area contributed by atoms with Crippen LogP contribution in [0.4, 0.5) is 17.1 Å². The highest BCUT2D eigenvalue weighted by molar-refractivity contribution is 6.10. The molecule has 3 nitrogen and oxygen atoms in total. The molecule has 3 heteroatoms. The molecule has 0 aliphatic heterocycles. The summed E-state index contributed by atoms with van der Waals surface area (Å²) in [7, 11) is 0. The highest BCUT2D eigenvalue weighted by Crippen LogP contribution is 2.63. The summed E-state index contributed by atoms with van der Waals surface area (Å²) < 4.78 is 13.2. The van der Waals surface area contributed by atoms with Crippen molar-refractivity contribution in [2.45, 2.75) is 24.7 Å². The molecule has 0 fully saturated rings. The molecule has 0 saturated heterocycles. The summed E-state index contributed by atoms with van der Waals surface area (Å²) >= 11 is 0. The number of rotatable bonds is 3. The number of benzene rings is 10. The van der Waals surface area contributed by atoms with E-state index in [-0.39, 0.29) is 5.41 Å². The lowest BCUT2D eigenvalue weighted by atomic mass is 9.65. The summed E-state index contributed by atoms with van der Waals surface area (Å²) in [5.74, 6) is 0. The number of fused-ring (bicyclic) bond motifs is 21. The van der Waals surface area contributed by atoms with E-state index in [0.717, 1.165) is 60.9 Å². The first kappa shape index (κ1) is 36.9. The van der Waals surface area contributed by atoms with E-state index in [1.807, 2.05) is 6.07 Å². The van der Waals surface area contributed by atoms with E-state index in [0.29, 0.717) is 0 Å². The van der Waals surface area contributed by atoms with Gasteiger partial charge in [0.25, 0.3) is 0 Å². The van der Waals surface area contributed by atoms with Crippen LogP contribution in [0, 0.1) is 0 Å². The normalized spacial score (nSPS) is 15.8. The average molecular weight is 856 g/mol. The zero-order chi connectivity index (χ0) is 44.2. The molecule has 314 valence electrons. The van der Waals surface area contributed by atoms with Crippen LogP contribution in [-0.2, 0) is 10.8 Å². The van der Waals surface area contributed by atoms with Gasteiger partial charge in [-0.3, -0.25) is 0 Å². The molecule has 1 atom stereocenters. The Kier molecular flexibility index (Phi) is 7.22. The maximum Gasteiger partial charge on any atom is 0.137 e. The third-order valence-corrected chi connectivity index (χ3v) is 15.5. The maximum atomic E-state index is 6.60. The topological polar surface area (TPSA) is 29.5 Å². The molecule has 0 N–H and O–H groups in total. The van der Waals surface area contributed by atoms with Crippen LogP contribution in [0.5, 0.6) is 0 Å². The molecule has 0 saturated carbocycles. The van der Waals surface area contributed by atoms with Gasteiger partial charge in [-0.25, -0.2) is 0 Å². The first-order chi connectivity index (χ1) is 33.0. The first-order valence-corrected chi connectivity index (χ1v) is 23.3. The van der Waals surface area contributed by atoms with E-state index < -0.39 is 5.41 Å². The van der Waals surface area contributed by atoms with Gasteiger partial charge in [-0.1, -0.05) is 159 Å². The van der Waals surface area contributed by atoms with Crippen molar-refractivity contribution >= 4 is 60.9 Å². The van der Waals surface area contributed by atoms with Gasteiger partial charge in [-0.15, -0.1) is 0 Å². The van der Waals surface area contributed by atoms with E-state index in [2.05, 4.69) is 225 Å². The lowest BCUT2D eigenvalue weighted by Crippen LogP contribution is -2.29. The van der Waals surface area contributed by atoms with Crippen LogP contribution in [0.3, 0.4) is 0 Å². The van der Waals surface area contributed by atoms with Gasteiger partial charge in [0.2, 0.25) is 0 Å². The molecule has 1 unspecified atom stereocenters. The number of hydrogen-bond acceptors (Lipinski definition) is 3. The number of nitrogens with zero attached hydrogens (tertiary/aromatic N) is 1. The number of anilines is 3. The second kappa shape index (κ2) is 13.1. The summed E-state index contributed by atoms with van der Waals surface area (Å²) in [5.41, 5.74) is 23.7. The van der Waals surface area contributed by atoms with E-state index >= 15 is 0 Å². The Hall–Kier alpha value is -8.40. The zero-order valence-corrected chi connectivity index (χ0v) is 37.0. The van der Waals surface area contributed by atoms with Crippen molar-refractivity contribution in [2.24, 2.45) is 0 Å². The Bertz CT molecular complexity index is 4110. The minimum absolute atomic E-state index is 0.170. The quantitative estimate of drug-likeness (QED) is 0.177. The summed E-state index contributed by atoms with van der Waals surface area (Å²) in [6, 6.07) is 78.7. The molecule has 2 heterocycles. The predicted molar refractivity (Wildman–Crippen MR) is 275 cm³/mol. The van der Waals surface area contributed by atoms with Gasteiger partial charge in [0.05, 0.1) is 5.41 Å². The number of para-hydroxylation sites is 2.